The van der Waals surface area contributed by atoms with Gasteiger partial charge in [0.25, 0.3) is 5.56 Å². The molecule has 0 bridgehead atoms. The van der Waals surface area contributed by atoms with Gasteiger partial charge in [-0.1, -0.05) is 11.6 Å². The van der Waals surface area contributed by atoms with E-state index < -0.39 is 5.97 Å². The number of hydrogen-bond donors (Lipinski definition) is 0. The molecular formula is C17H14ClN3O4. The van der Waals surface area contributed by atoms with E-state index in [1.54, 1.807) is 31.2 Å². The molecule has 0 aliphatic rings. The van der Waals surface area contributed by atoms with Gasteiger partial charge in [-0.2, -0.15) is 0 Å². The molecule has 0 atom stereocenters. The second kappa shape index (κ2) is 7.31. The summed E-state index contributed by atoms with van der Waals surface area (Å²) in [6.45, 7) is 2.03. The zero-order valence-electron chi connectivity index (χ0n) is 13.3. The maximum Gasteiger partial charge on any atom is 0.344 e. The van der Waals surface area contributed by atoms with Gasteiger partial charge in [-0.3, -0.25) is 9.20 Å². The fourth-order valence-corrected chi connectivity index (χ4v) is 2.38. The summed E-state index contributed by atoms with van der Waals surface area (Å²) in [5.74, 6) is -0.397. The highest BCUT2D eigenvalue weighted by molar-refractivity contribution is 6.30. The Labute approximate surface area is 147 Å². The van der Waals surface area contributed by atoms with E-state index in [4.69, 9.17) is 21.1 Å². The van der Waals surface area contributed by atoms with Gasteiger partial charge in [-0.25, -0.2) is 14.8 Å². The Morgan fingerprint density at radius 1 is 1.32 bits per heavy atom. The van der Waals surface area contributed by atoms with Crippen LogP contribution in [0.3, 0.4) is 0 Å². The summed E-state index contributed by atoms with van der Waals surface area (Å²) in [7, 11) is 0. The summed E-state index contributed by atoms with van der Waals surface area (Å²) in [6.07, 6.45) is 3.00. The minimum Gasteiger partial charge on any atom is -0.477 e. The number of carbonyl (C=O) groups is 1. The highest BCUT2D eigenvalue weighted by Gasteiger charge is 2.15. The summed E-state index contributed by atoms with van der Waals surface area (Å²) in [4.78, 5) is 32.6. The van der Waals surface area contributed by atoms with E-state index in [-0.39, 0.29) is 23.6 Å². The van der Waals surface area contributed by atoms with Crippen LogP contribution in [0.5, 0.6) is 5.88 Å². The molecule has 3 aromatic heterocycles. The quantitative estimate of drug-likeness (QED) is 0.651. The van der Waals surface area contributed by atoms with Crippen LogP contribution in [0.4, 0.5) is 0 Å². The third kappa shape index (κ3) is 3.77. The molecule has 0 fully saturated rings. The van der Waals surface area contributed by atoms with Crippen molar-refractivity contribution in [2.45, 2.75) is 13.5 Å². The van der Waals surface area contributed by atoms with E-state index in [0.29, 0.717) is 23.0 Å². The Morgan fingerprint density at radius 2 is 2.16 bits per heavy atom. The van der Waals surface area contributed by atoms with Gasteiger partial charge in [-0.05, 0) is 31.2 Å². The van der Waals surface area contributed by atoms with Gasteiger partial charge >= 0.3 is 5.97 Å². The van der Waals surface area contributed by atoms with Crippen molar-refractivity contribution in [2.75, 3.05) is 6.61 Å². The Balaban J connectivity index is 1.80. The number of ether oxygens (including phenoxy) is 2. The third-order valence-electron chi connectivity index (χ3n) is 3.30. The van der Waals surface area contributed by atoms with E-state index in [2.05, 4.69) is 9.97 Å². The van der Waals surface area contributed by atoms with Gasteiger partial charge in [0.2, 0.25) is 5.88 Å². The molecule has 3 heterocycles. The second-order valence-electron chi connectivity index (χ2n) is 5.03. The lowest BCUT2D eigenvalue weighted by molar-refractivity contribution is 0.0462. The summed E-state index contributed by atoms with van der Waals surface area (Å²) in [5, 5.41) is 0.426. The Hall–Kier alpha value is -2.93. The van der Waals surface area contributed by atoms with Crippen molar-refractivity contribution in [3.63, 3.8) is 0 Å². The predicted molar refractivity (Wildman–Crippen MR) is 91.0 cm³/mol. The summed E-state index contributed by atoms with van der Waals surface area (Å²) in [5.41, 5.74) is 0.658. The van der Waals surface area contributed by atoms with Crippen LogP contribution in [0.15, 0.2) is 47.5 Å². The molecule has 7 nitrogen and oxygen atoms in total. The summed E-state index contributed by atoms with van der Waals surface area (Å²) >= 11 is 5.87. The van der Waals surface area contributed by atoms with Crippen molar-refractivity contribution < 1.29 is 14.3 Å². The van der Waals surface area contributed by atoms with Crippen molar-refractivity contribution in [1.29, 1.82) is 0 Å². The molecule has 0 saturated heterocycles. The van der Waals surface area contributed by atoms with Gasteiger partial charge < -0.3 is 9.47 Å². The molecule has 128 valence electrons. The molecule has 0 aliphatic carbocycles. The van der Waals surface area contributed by atoms with Gasteiger partial charge in [0, 0.05) is 18.5 Å². The second-order valence-corrected chi connectivity index (χ2v) is 5.46. The standard InChI is InChI=1S/C17H14ClN3O4/c1-2-24-16-13(4-3-7-19-16)17(23)25-10-12-8-15(22)21-9-11(18)5-6-14(21)20-12/h3-9H,2,10H2,1H3. The Bertz CT molecular complexity index is 987. The topological polar surface area (TPSA) is 82.8 Å². The third-order valence-corrected chi connectivity index (χ3v) is 3.52. The number of nitrogens with zero attached hydrogens (tertiary/aromatic N) is 3. The van der Waals surface area contributed by atoms with E-state index in [9.17, 15) is 9.59 Å². The molecule has 3 aromatic rings. The van der Waals surface area contributed by atoms with E-state index in [1.165, 1.54) is 22.9 Å². The number of halogens is 1. The maximum absolute atomic E-state index is 12.2. The van der Waals surface area contributed by atoms with Gasteiger partial charge in [0.1, 0.15) is 17.8 Å². The fraction of sp³-hybridized carbons (Fsp3) is 0.176. The first-order valence-corrected chi connectivity index (χ1v) is 7.89. The molecule has 0 amide bonds. The Kier molecular flexibility index (Phi) is 4.95. The first kappa shape index (κ1) is 16.9. The lowest BCUT2D eigenvalue weighted by Crippen LogP contribution is -2.17. The highest BCUT2D eigenvalue weighted by atomic mass is 35.5. The highest BCUT2D eigenvalue weighted by Crippen LogP contribution is 2.16. The van der Waals surface area contributed by atoms with Crippen molar-refractivity contribution in [3.05, 3.63) is 69.4 Å². The average molecular weight is 360 g/mol. The molecular weight excluding hydrogens is 346 g/mol. The number of esters is 1. The first-order chi connectivity index (χ1) is 12.1. The van der Waals surface area contributed by atoms with Gasteiger partial charge in [-0.15, -0.1) is 0 Å². The van der Waals surface area contributed by atoms with Crippen LogP contribution in [0, 0.1) is 0 Å². The van der Waals surface area contributed by atoms with Gasteiger partial charge in [0.05, 0.1) is 17.3 Å². The predicted octanol–water partition coefficient (Wildman–Crippen LogP) is 2.50. The number of hydrogen-bond acceptors (Lipinski definition) is 6. The molecule has 0 unspecified atom stereocenters. The maximum atomic E-state index is 12.2. The monoisotopic (exact) mass is 359 g/mol. The van der Waals surface area contributed by atoms with Crippen molar-refractivity contribution in [1.82, 2.24) is 14.4 Å². The molecule has 0 aromatic carbocycles. The van der Waals surface area contributed by atoms with Crippen LogP contribution in [0.2, 0.25) is 5.02 Å². The number of fused-ring (bicyclic) bond motifs is 1. The molecule has 0 spiro atoms. The molecule has 0 aliphatic heterocycles. The normalized spacial score (nSPS) is 10.6. The SMILES string of the molecule is CCOc1ncccc1C(=O)OCc1cc(=O)n2cc(Cl)ccc2n1. The molecule has 3 rings (SSSR count). The van der Waals surface area contributed by atoms with Crippen molar-refractivity contribution in [3.8, 4) is 5.88 Å². The van der Waals surface area contributed by atoms with Crippen LogP contribution >= 0.6 is 11.6 Å². The molecule has 25 heavy (non-hydrogen) atoms. The molecule has 0 N–H and O–H groups in total. The zero-order valence-corrected chi connectivity index (χ0v) is 14.1. The van der Waals surface area contributed by atoms with Crippen LogP contribution < -0.4 is 10.3 Å². The minimum absolute atomic E-state index is 0.145. The van der Waals surface area contributed by atoms with E-state index in [1.807, 2.05) is 0 Å². The number of pyridine rings is 2. The van der Waals surface area contributed by atoms with Crippen LogP contribution in [0.25, 0.3) is 5.65 Å². The number of carbonyl (C=O) groups excluding carboxylic acids is 1. The molecule has 0 radical (unpaired) electrons. The van der Waals surface area contributed by atoms with Crippen LogP contribution in [-0.2, 0) is 11.3 Å². The summed E-state index contributed by atoms with van der Waals surface area (Å²) < 4.78 is 11.9. The van der Waals surface area contributed by atoms with Crippen LogP contribution in [0.1, 0.15) is 23.0 Å². The summed E-state index contributed by atoms with van der Waals surface area (Å²) in [6, 6.07) is 7.71. The lowest BCUT2D eigenvalue weighted by atomic mass is 10.3. The van der Waals surface area contributed by atoms with Crippen molar-refractivity contribution >= 4 is 23.2 Å². The average Bonchev–Trinajstić information content (AvgIpc) is 2.61. The largest absolute Gasteiger partial charge is 0.477 e. The molecule has 8 heteroatoms. The smallest absolute Gasteiger partial charge is 0.344 e. The van der Waals surface area contributed by atoms with Crippen LogP contribution in [-0.4, -0.2) is 26.9 Å². The number of aromatic nitrogens is 3. The zero-order chi connectivity index (χ0) is 17.8. The van der Waals surface area contributed by atoms with Crippen molar-refractivity contribution in [2.24, 2.45) is 0 Å². The number of rotatable bonds is 5. The fourth-order valence-electron chi connectivity index (χ4n) is 2.22. The van der Waals surface area contributed by atoms with E-state index in [0.717, 1.165) is 0 Å². The molecule has 0 saturated carbocycles. The minimum atomic E-state index is -0.602. The lowest BCUT2D eigenvalue weighted by Gasteiger charge is -2.09. The first-order valence-electron chi connectivity index (χ1n) is 7.51. The van der Waals surface area contributed by atoms with E-state index >= 15 is 0 Å². The van der Waals surface area contributed by atoms with Gasteiger partial charge in [0.15, 0.2) is 0 Å². The Morgan fingerprint density at radius 3 is 2.96 bits per heavy atom.